The second-order valence-electron chi connectivity index (χ2n) is 10.1. The van der Waals surface area contributed by atoms with Crippen LogP contribution < -0.4 is 16.0 Å². The molecule has 37 heavy (non-hydrogen) atoms. The molecule has 5 rings (SSSR count). The number of anilines is 2. The van der Waals surface area contributed by atoms with Gasteiger partial charge >= 0.3 is 0 Å². The van der Waals surface area contributed by atoms with E-state index in [0.717, 1.165) is 42.4 Å². The van der Waals surface area contributed by atoms with Crippen molar-refractivity contribution in [2.75, 3.05) is 10.6 Å². The Morgan fingerprint density at radius 3 is 2.38 bits per heavy atom. The Morgan fingerprint density at radius 1 is 0.973 bits per heavy atom. The van der Waals surface area contributed by atoms with E-state index >= 15 is 0 Å². The molecule has 8 heteroatoms. The van der Waals surface area contributed by atoms with Crippen molar-refractivity contribution in [1.82, 2.24) is 24.8 Å². The molecule has 1 aliphatic carbocycles. The molecule has 1 aliphatic rings. The van der Waals surface area contributed by atoms with E-state index in [9.17, 15) is 4.79 Å². The number of amides is 1. The van der Waals surface area contributed by atoms with Gasteiger partial charge in [-0.05, 0) is 43.4 Å². The van der Waals surface area contributed by atoms with Crippen molar-refractivity contribution >= 4 is 28.8 Å². The van der Waals surface area contributed by atoms with E-state index < -0.39 is 0 Å². The first-order valence-electron chi connectivity index (χ1n) is 13.1. The van der Waals surface area contributed by atoms with Crippen LogP contribution in [-0.2, 0) is 11.3 Å². The molecule has 3 N–H and O–H groups in total. The average molecular weight is 498 g/mol. The Bertz CT molecular complexity index is 1350. The van der Waals surface area contributed by atoms with Gasteiger partial charge in [-0.2, -0.15) is 9.97 Å². The molecule has 2 atom stereocenters. The van der Waals surface area contributed by atoms with Crippen LogP contribution in [0.25, 0.3) is 22.3 Å². The number of imidazole rings is 1. The smallest absolute Gasteiger partial charge is 0.227 e. The SMILES string of the molecule is CC(=O)N[C@H]1CCCC[C@@H]1Nc1nc(NCc2ccc(-c3ccccc3)cc2)c2ncn(C(C)C)c2n1. The number of fused-ring (bicyclic) bond motifs is 1. The fourth-order valence-electron chi connectivity index (χ4n) is 5.02. The third kappa shape index (κ3) is 5.74. The molecule has 0 saturated heterocycles. The van der Waals surface area contributed by atoms with Crippen molar-refractivity contribution in [2.45, 2.75) is 71.1 Å². The van der Waals surface area contributed by atoms with Crippen LogP contribution >= 0.6 is 0 Å². The molecule has 8 nitrogen and oxygen atoms in total. The van der Waals surface area contributed by atoms with Crippen LogP contribution in [-0.4, -0.2) is 37.5 Å². The zero-order chi connectivity index (χ0) is 25.8. The molecular weight excluding hydrogens is 462 g/mol. The normalized spacial score (nSPS) is 17.6. The quantitative estimate of drug-likeness (QED) is 0.296. The Hall–Kier alpha value is -3.94. The highest BCUT2D eigenvalue weighted by atomic mass is 16.1. The monoisotopic (exact) mass is 497 g/mol. The number of carbonyl (C=O) groups excluding carboxylic acids is 1. The molecule has 2 aromatic heterocycles. The predicted molar refractivity (Wildman–Crippen MR) is 148 cm³/mol. The summed E-state index contributed by atoms with van der Waals surface area (Å²) < 4.78 is 2.06. The number of hydrogen-bond donors (Lipinski definition) is 3. The third-order valence-electron chi connectivity index (χ3n) is 6.97. The zero-order valence-electron chi connectivity index (χ0n) is 21.7. The lowest BCUT2D eigenvalue weighted by molar-refractivity contribution is -0.119. The van der Waals surface area contributed by atoms with Crippen LogP contribution in [0.2, 0.25) is 0 Å². The summed E-state index contributed by atoms with van der Waals surface area (Å²) in [5, 5.41) is 10.1. The molecule has 0 spiro atoms. The molecule has 0 aliphatic heterocycles. The summed E-state index contributed by atoms with van der Waals surface area (Å²) in [6.45, 7) is 6.42. The Labute approximate surface area is 217 Å². The van der Waals surface area contributed by atoms with Gasteiger partial charge in [0.05, 0.1) is 6.33 Å². The Kier molecular flexibility index (Phi) is 7.35. The molecule has 2 heterocycles. The van der Waals surface area contributed by atoms with E-state index in [2.05, 4.69) is 87.9 Å². The van der Waals surface area contributed by atoms with E-state index in [4.69, 9.17) is 9.97 Å². The molecule has 1 amide bonds. The fourth-order valence-corrected chi connectivity index (χ4v) is 5.02. The van der Waals surface area contributed by atoms with Crippen LogP contribution in [0.5, 0.6) is 0 Å². The molecule has 0 bridgehead atoms. The van der Waals surface area contributed by atoms with E-state index in [0.29, 0.717) is 18.3 Å². The van der Waals surface area contributed by atoms with Crippen LogP contribution in [0.3, 0.4) is 0 Å². The molecule has 0 radical (unpaired) electrons. The maximum atomic E-state index is 11.8. The van der Waals surface area contributed by atoms with Gasteiger partial charge in [0.2, 0.25) is 11.9 Å². The lowest BCUT2D eigenvalue weighted by atomic mass is 9.90. The zero-order valence-corrected chi connectivity index (χ0v) is 21.7. The van der Waals surface area contributed by atoms with Crippen molar-refractivity contribution in [3.8, 4) is 11.1 Å². The minimum atomic E-state index is -0.00593. The summed E-state index contributed by atoms with van der Waals surface area (Å²) in [4.78, 5) is 26.1. The van der Waals surface area contributed by atoms with E-state index in [-0.39, 0.29) is 24.0 Å². The molecule has 192 valence electrons. The summed E-state index contributed by atoms with van der Waals surface area (Å²) in [5.74, 6) is 1.25. The van der Waals surface area contributed by atoms with Crippen molar-refractivity contribution in [1.29, 1.82) is 0 Å². The lowest BCUT2D eigenvalue weighted by Crippen LogP contribution is -2.48. The van der Waals surface area contributed by atoms with Crippen LogP contribution in [0.1, 0.15) is 58.1 Å². The highest BCUT2D eigenvalue weighted by molar-refractivity contribution is 5.84. The van der Waals surface area contributed by atoms with Gasteiger partial charge in [-0.15, -0.1) is 0 Å². The van der Waals surface area contributed by atoms with Gasteiger partial charge in [0.1, 0.15) is 0 Å². The summed E-state index contributed by atoms with van der Waals surface area (Å²) in [6, 6.07) is 19.3. The second kappa shape index (κ2) is 11.0. The minimum Gasteiger partial charge on any atom is -0.364 e. The van der Waals surface area contributed by atoms with Gasteiger partial charge in [-0.3, -0.25) is 4.79 Å². The van der Waals surface area contributed by atoms with E-state index in [1.54, 1.807) is 6.92 Å². The topological polar surface area (TPSA) is 96.8 Å². The highest BCUT2D eigenvalue weighted by Gasteiger charge is 2.27. The van der Waals surface area contributed by atoms with Gasteiger partial charge in [-0.25, -0.2) is 4.98 Å². The summed E-state index contributed by atoms with van der Waals surface area (Å²) in [7, 11) is 0. The average Bonchev–Trinajstić information content (AvgIpc) is 3.33. The molecule has 1 fully saturated rings. The fraction of sp³-hybridized carbons (Fsp3) is 0.379. The number of nitrogens with zero attached hydrogens (tertiary/aromatic N) is 4. The number of nitrogens with one attached hydrogen (secondary N) is 3. The summed E-state index contributed by atoms with van der Waals surface area (Å²) in [6.07, 6.45) is 5.97. The van der Waals surface area contributed by atoms with E-state index in [1.165, 1.54) is 11.1 Å². The number of hydrogen-bond acceptors (Lipinski definition) is 6. The first kappa shape index (κ1) is 24.7. The van der Waals surface area contributed by atoms with Gasteiger partial charge in [-0.1, -0.05) is 67.4 Å². The van der Waals surface area contributed by atoms with Gasteiger partial charge in [0.25, 0.3) is 0 Å². The highest BCUT2D eigenvalue weighted by Crippen LogP contribution is 2.27. The number of rotatable bonds is 8. The first-order chi connectivity index (χ1) is 18.0. The van der Waals surface area contributed by atoms with Crippen molar-refractivity contribution < 1.29 is 4.79 Å². The largest absolute Gasteiger partial charge is 0.364 e. The van der Waals surface area contributed by atoms with Crippen LogP contribution in [0.4, 0.5) is 11.8 Å². The van der Waals surface area contributed by atoms with Gasteiger partial charge < -0.3 is 20.5 Å². The third-order valence-corrected chi connectivity index (χ3v) is 6.97. The second-order valence-corrected chi connectivity index (χ2v) is 10.1. The maximum absolute atomic E-state index is 11.8. The predicted octanol–water partition coefficient (Wildman–Crippen LogP) is 5.55. The number of aromatic nitrogens is 4. The van der Waals surface area contributed by atoms with Crippen LogP contribution in [0.15, 0.2) is 60.9 Å². The molecule has 0 unspecified atom stereocenters. The van der Waals surface area contributed by atoms with Crippen molar-refractivity contribution in [3.05, 3.63) is 66.5 Å². The van der Waals surface area contributed by atoms with Gasteiger partial charge in [0.15, 0.2) is 17.0 Å². The lowest BCUT2D eigenvalue weighted by Gasteiger charge is -2.32. The Balaban J connectivity index is 1.39. The van der Waals surface area contributed by atoms with Gasteiger partial charge in [0, 0.05) is 31.6 Å². The molecule has 2 aromatic carbocycles. The summed E-state index contributed by atoms with van der Waals surface area (Å²) in [5.41, 5.74) is 5.10. The molecule has 4 aromatic rings. The maximum Gasteiger partial charge on any atom is 0.227 e. The summed E-state index contributed by atoms with van der Waals surface area (Å²) >= 11 is 0. The number of carbonyl (C=O) groups is 1. The molecular formula is C29H35N7O. The molecule has 1 saturated carbocycles. The van der Waals surface area contributed by atoms with Crippen molar-refractivity contribution in [3.63, 3.8) is 0 Å². The first-order valence-corrected chi connectivity index (χ1v) is 13.1. The minimum absolute atomic E-state index is 0.00593. The van der Waals surface area contributed by atoms with Crippen LogP contribution in [0, 0.1) is 0 Å². The number of benzene rings is 2. The standard InChI is InChI=1S/C29H35N7O/c1-19(2)36-18-31-26-27(30-17-21-13-15-23(16-14-21)22-9-5-4-6-10-22)34-29(35-28(26)36)33-25-12-8-7-11-24(25)32-20(3)37/h4-6,9-10,13-16,18-19,24-25H,7-8,11-12,17H2,1-3H3,(H,32,37)(H2,30,33,34,35)/t24-,25-/m0/s1. The van der Waals surface area contributed by atoms with Crippen molar-refractivity contribution in [2.24, 2.45) is 0 Å². The Morgan fingerprint density at radius 2 is 1.68 bits per heavy atom. The van der Waals surface area contributed by atoms with E-state index in [1.807, 2.05) is 12.4 Å².